The highest BCUT2D eigenvalue weighted by molar-refractivity contribution is 9.10. The Hall–Kier alpha value is -1.88. The fourth-order valence-electron chi connectivity index (χ4n) is 1.92. The van der Waals surface area contributed by atoms with E-state index in [9.17, 15) is 9.18 Å². The monoisotopic (exact) mass is 351 g/mol. The molecule has 0 aromatic heterocycles. The molecule has 2 aromatic carbocycles. The summed E-state index contributed by atoms with van der Waals surface area (Å²) in [5.74, 6) is -0.651. The van der Waals surface area contributed by atoms with Gasteiger partial charge in [0.05, 0.1) is 0 Å². The Labute approximate surface area is 131 Å². The Bertz CT molecular complexity index is 619. The zero-order valence-electron chi connectivity index (χ0n) is 11.6. The third-order valence-electron chi connectivity index (χ3n) is 2.93. The molecule has 2 rings (SSSR count). The third-order valence-corrected chi connectivity index (χ3v) is 3.42. The lowest BCUT2D eigenvalue weighted by atomic mass is 10.3. The van der Waals surface area contributed by atoms with Crippen LogP contribution in [0.25, 0.3) is 0 Å². The quantitative estimate of drug-likeness (QED) is 0.814. The molecule has 5 heteroatoms. The molecule has 21 heavy (non-hydrogen) atoms. The number of likely N-dealkylation sites (N-methyl/N-ethyl adjacent to an activating group) is 1. The summed E-state index contributed by atoms with van der Waals surface area (Å²) in [6.45, 7) is 2.20. The number of para-hydroxylation sites is 1. The van der Waals surface area contributed by atoms with Crippen LogP contribution in [0.15, 0.2) is 53.0 Å². The maximum atomic E-state index is 13.6. The number of benzene rings is 2. The van der Waals surface area contributed by atoms with Crippen LogP contribution in [0.5, 0.6) is 5.75 Å². The van der Waals surface area contributed by atoms with E-state index in [4.69, 9.17) is 4.74 Å². The summed E-state index contributed by atoms with van der Waals surface area (Å²) in [5.41, 5.74) is 0.796. The van der Waals surface area contributed by atoms with Crippen molar-refractivity contribution in [2.75, 3.05) is 18.1 Å². The molecule has 0 bridgehead atoms. The molecule has 0 aliphatic rings. The summed E-state index contributed by atoms with van der Waals surface area (Å²) in [6, 6.07) is 13.8. The number of amides is 1. The van der Waals surface area contributed by atoms with Crippen molar-refractivity contribution in [3.63, 3.8) is 0 Å². The van der Waals surface area contributed by atoms with Gasteiger partial charge in [0.1, 0.15) is 0 Å². The van der Waals surface area contributed by atoms with Crippen LogP contribution in [0.3, 0.4) is 0 Å². The van der Waals surface area contributed by atoms with Gasteiger partial charge < -0.3 is 9.64 Å². The third kappa shape index (κ3) is 4.04. The lowest BCUT2D eigenvalue weighted by molar-refractivity contribution is -0.120. The fourth-order valence-corrected chi connectivity index (χ4v) is 2.25. The Balaban J connectivity index is 2.03. The molecule has 0 saturated carbocycles. The average Bonchev–Trinajstić information content (AvgIpc) is 2.48. The second-order valence-corrected chi connectivity index (χ2v) is 5.25. The minimum absolute atomic E-state index is 0.0654. The number of carbonyl (C=O) groups excluding carboxylic acids is 1. The molecule has 0 radical (unpaired) electrons. The van der Waals surface area contributed by atoms with Crippen LogP contribution < -0.4 is 9.64 Å². The first kappa shape index (κ1) is 15.5. The zero-order chi connectivity index (χ0) is 15.2. The van der Waals surface area contributed by atoms with Crippen LogP contribution in [0.1, 0.15) is 6.92 Å². The molecule has 3 nitrogen and oxygen atoms in total. The van der Waals surface area contributed by atoms with E-state index in [1.54, 1.807) is 11.0 Å². The van der Waals surface area contributed by atoms with Gasteiger partial charge in [0, 0.05) is 16.7 Å². The van der Waals surface area contributed by atoms with Crippen molar-refractivity contribution >= 4 is 27.5 Å². The molecule has 0 unspecified atom stereocenters. The summed E-state index contributed by atoms with van der Waals surface area (Å²) in [6.07, 6.45) is 0. The Kier molecular flexibility index (Phi) is 5.33. The van der Waals surface area contributed by atoms with E-state index in [2.05, 4.69) is 15.9 Å². The standard InChI is InChI=1S/C16H15BrFNO2/c1-2-19(13-6-4-3-5-7-13)16(20)11-21-15-9-8-12(17)10-14(15)18/h3-10H,2,11H2,1H3. The van der Waals surface area contributed by atoms with Gasteiger partial charge in [0.15, 0.2) is 18.2 Å². The van der Waals surface area contributed by atoms with Crippen molar-refractivity contribution in [1.29, 1.82) is 0 Å². The number of halogens is 2. The molecule has 0 atom stereocenters. The highest BCUT2D eigenvalue weighted by atomic mass is 79.9. The fraction of sp³-hybridized carbons (Fsp3) is 0.188. The molecule has 0 aliphatic carbocycles. The molecular weight excluding hydrogens is 337 g/mol. The van der Waals surface area contributed by atoms with Gasteiger partial charge in [-0.25, -0.2) is 4.39 Å². The first-order chi connectivity index (χ1) is 10.1. The van der Waals surface area contributed by atoms with Crippen molar-refractivity contribution in [1.82, 2.24) is 0 Å². The number of hydrogen-bond acceptors (Lipinski definition) is 2. The molecule has 2 aromatic rings. The van der Waals surface area contributed by atoms with Crippen molar-refractivity contribution in [3.8, 4) is 5.75 Å². The van der Waals surface area contributed by atoms with E-state index in [1.807, 2.05) is 37.3 Å². The van der Waals surface area contributed by atoms with E-state index in [1.165, 1.54) is 12.1 Å². The molecule has 0 spiro atoms. The molecule has 0 N–H and O–H groups in total. The molecule has 0 saturated heterocycles. The largest absolute Gasteiger partial charge is 0.481 e. The zero-order valence-corrected chi connectivity index (χ0v) is 13.1. The highest BCUT2D eigenvalue weighted by Crippen LogP contribution is 2.21. The number of hydrogen-bond donors (Lipinski definition) is 0. The molecular formula is C16H15BrFNO2. The van der Waals surface area contributed by atoms with Crippen molar-refractivity contribution in [2.45, 2.75) is 6.92 Å². The summed E-state index contributed by atoms with van der Waals surface area (Å²) < 4.78 is 19.5. The van der Waals surface area contributed by atoms with Gasteiger partial charge in [0.25, 0.3) is 5.91 Å². The Morgan fingerprint density at radius 1 is 1.24 bits per heavy atom. The van der Waals surface area contributed by atoms with Crippen molar-refractivity contribution in [3.05, 3.63) is 58.8 Å². The number of anilines is 1. The summed E-state index contributed by atoms with van der Waals surface area (Å²) in [4.78, 5) is 13.8. The Morgan fingerprint density at radius 3 is 2.57 bits per heavy atom. The predicted octanol–water partition coefficient (Wildman–Crippen LogP) is 4.02. The normalized spacial score (nSPS) is 10.2. The van der Waals surface area contributed by atoms with E-state index in [-0.39, 0.29) is 18.3 Å². The number of rotatable bonds is 5. The minimum Gasteiger partial charge on any atom is -0.481 e. The first-order valence-corrected chi connectivity index (χ1v) is 7.34. The van der Waals surface area contributed by atoms with E-state index < -0.39 is 5.82 Å². The smallest absolute Gasteiger partial charge is 0.264 e. The predicted molar refractivity (Wildman–Crippen MR) is 84.1 cm³/mol. The van der Waals surface area contributed by atoms with Crippen LogP contribution in [-0.4, -0.2) is 19.1 Å². The van der Waals surface area contributed by atoms with Gasteiger partial charge >= 0.3 is 0 Å². The molecule has 0 heterocycles. The lowest BCUT2D eigenvalue weighted by Gasteiger charge is -2.21. The van der Waals surface area contributed by atoms with Crippen molar-refractivity contribution in [2.24, 2.45) is 0 Å². The first-order valence-electron chi connectivity index (χ1n) is 6.55. The summed E-state index contributed by atoms with van der Waals surface area (Å²) in [7, 11) is 0. The van der Waals surface area contributed by atoms with Gasteiger partial charge in [-0.3, -0.25) is 4.79 Å². The number of nitrogens with zero attached hydrogens (tertiary/aromatic N) is 1. The van der Waals surface area contributed by atoms with Gasteiger partial charge in [-0.2, -0.15) is 0 Å². The maximum absolute atomic E-state index is 13.6. The topological polar surface area (TPSA) is 29.5 Å². The van der Waals surface area contributed by atoms with Crippen LogP contribution in [-0.2, 0) is 4.79 Å². The Morgan fingerprint density at radius 2 is 1.95 bits per heavy atom. The number of ether oxygens (including phenoxy) is 1. The van der Waals surface area contributed by atoms with E-state index in [0.717, 1.165) is 5.69 Å². The van der Waals surface area contributed by atoms with Crippen LogP contribution in [0.4, 0.5) is 10.1 Å². The van der Waals surface area contributed by atoms with Gasteiger partial charge in [-0.1, -0.05) is 34.1 Å². The van der Waals surface area contributed by atoms with Crippen LogP contribution in [0, 0.1) is 5.82 Å². The van der Waals surface area contributed by atoms with E-state index >= 15 is 0 Å². The minimum atomic E-state index is -0.500. The maximum Gasteiger partial charge on any atom is 0.264 e. The molecule has 110 valence electrons. The second-order valence-electron chi connectivity index (χ2n) is 4.34. The average molecular weight is 352 g/mol. The SMILES string of the molecule is CCN(C(=O)COc1ccc(Br)cc1F)c1ccccc1. The molecule has 1 amide bonds. The van der Waals surface area contributed by atoms with Gasteiger partial charge in [-0.15, -0.1) is 0 Å². The van der Waals surface area contributed by atoms with E-state index in [0.29, 0.717) is 11.0 Å². The highest BCUT2D eigenvalue weighted by Gasteiger charge is 2.15. The van der Waals surface area contributed by atoms with Crippen LogP contribution in [0.2, 0.25) is 0 Å². The lowest BCUT2D eigenvalue weighted by Crippen LogP contribution is -2.34. The van der Waals surface area contributed by atoms with Crippen molar-refractivity contribution < 1.29 is 13.9 Å². The number of carbonyl (C=O) groups is 1. The molecule has 0 aliphatic heterocycles. The van der Waals surface area contributed by atoms with Gasteiger partial charge in [0.2, 0.25) is 0 Å². The van der Waals surface area contributed by atoms with Crippen LogP contribution >= 0.6 is 15.9 Å². The summed E-state index contributed by atoms with van der Waals surface area (Å²) >= 11 is 3.17. The van der Waals surface area contributed by atoms with Gasteiger partial charge in [-0.05, 0) is 37.3 Å². The second kappa shape index (κ2) is 7.22. The summed E-state index contributed by atoms with van der Waals surface area (Å²) in [5, 5.41) is 0. The molecule has 0 fully saturated rings.